The molecule has 166 valence electrons. The molecule has 0 spiro atoms. The topological polar surface area (TPSA) is 142 Å². The maximum atomic E-state index is 12.7. The van der Waals surface area contributed by atoms with Crippen LogP contribution in [0.25, 0.3) is 0 Å². The zero-order valence-corrected chi connectivity index (χ0v) is 18.3. The number of hydrogen-bond acceptors (Lipinski definition) is 6. The largest absolute Gasteiger partial charge is 0.326 e. The van der Waals surface area contributed by atoms with Crippen LogP contribution in [-0.4, -0.2) is 46.0 Å². The molecular formula is C19H22N4O6S2. The van der Waals surface area contributed by atoms with Gasteiger partial charge in [0.2, 0.25) is 15.9 Å². The highest BCUT2D eigenvalue weighted by Gasteiger charge is 2.27. The fourth-order valence-corrected chi connectivity index (χ4v) is 5.44. The number of nitrogens with one attached hydrogen (secondary N) is 3. The first kappa shape index (κ1) is 22.9. The van der Waals surface area contributed by atoms with E-state index in [9.17, 15) is 26.4 Å². The molecule has 0 radical (unpaired) electrons. The quantitative estimate of drug-likeness (QED) is 0.521. The molecule has 3 rings (SSSR count). The second-order valence-electron chi connectivity index (χ2n) is 6.90. The number of rotatable bonds is 7. The predicted molar refractivity (Wildman–Crippen MR) is 113 cm³/mol. The maximum absolute atomic E-state index is 12.7. The van der Waals surface area contributed by atoms with Gasteiger partial charge in [-0.2, -0.15) is 4.31 Å². The van der Waals surface area contributed by atoms with Gasteiger partial charge in [0, 0.05) is 31.3 Å². The third kappa shape index (κ3) is 5.47. The average molecular weight is 467 g/mol. The minimum Gasteiger partial charge on any atom is -0.326 e. The number of nitrogens with zero attached hydrogens (tertiary/aromatic N) is 1. The van der Waals surface area contributed by atoms with Crippen LogP contribution in [-0.2, 0) is 24.8 Å². The molecular weight excluding hydrogens is 444 g/mol. The van der Waals surface area contributed by atoms with Crippen molar-refractivity contribution in [2.45, 2.75) is 29.6 Å². The number of benzene rings is 2. The van der Waals surface area contributed by atoms with E-state index < -0.39 is 26.0 Å². The first-order valence-electron chi connectivity index (χ1n) is 9.40. The van der Waals surface area contributed by atoms with Crippen molar-refractivity contribution in [1.82, 2.24) is 14.6 Å². The average Bonchev–Trinajstić information content (AvgIpc) is 3.28. The van der Waals surface area contributed by atoms with Gasteiger partial charge in [-0.15, -0.1) is 4.83 Å². The van der Waals surface area contributed by atoms with Gasteiger partial charge in [-0.1, -0.05) is 6.07 Å². The van der Waals surface area contributed by atoms with Crippen molar-refractivity contribution in [3.8, 4) is 0 Å². The Balaban J connectivity index is 1.69. The first-order chi connectivity index (χ1) is 14.6. The van der Waals surface area contributed by atoms with Gasteiger partial charge in [0.15, 0.2) is 0 Å². The number of hydrazine groups is 1. The van der Waals surface area contributed by atoms with Gasteiger partial charge in [0.05, 0.1) is 9.79 Å². The molecule has 31 heavy (non-hydrogen) atoms. The zero-order valence-electron chi connectivity index (χ0n) is 16.7. The van der Waals surface area contributed by atoms with E-state index >= 15 is 0 Å². The highest BCUT2D eigenvalue weighted by atomic mass is 32.2. The molecule has 0 bridgehead atoms. The van der Waals surface area contributed by atoms with Gasteiger partial charge in [-0.25, -0.2) is 16.8 Å². The number of sulfonamides is 2. The molecule has 1 aliphatic heterocycles. The van der Waals surface area contributed by atoms with E-state index in [1.807, 2.05) is 4.83 Å². The highest BCUT2D eigenvalue weighted by molar-refractivity contribution is 7.89. The second-order valence-corrected chi connectivity index (χ2v) is 10.5. The van der Waals surface area contributed by atoms with Gasteiger partial charge in [-0.05, 0) is 55.3 Å². The van der Waals surface area contributed by atoms with Crippen molar-refractivity contribution in [2.24, 2.45) is 0 Å². The van der Waals surface area contributed by atoms with E-state index in [-0.39, 0.29) is 21.3 Å². The lowest BCUT2D eigenvalue weighted by atomic mass is 10.2. The number of carbonyl (C=O) groups excluding carboxylic acids is 2. The van der Waals surface area contributed by atoms with Crippen LogP contribution in [0.3, 0.4) is 0 Å². The smallest absolute Gasteiger partial charge is 0.266 e. The second kappa shape index (κ2) is 9.14. The summed E-state index contributed by atoms with van der Waals surface area (Å²) >= 11 is 0. The normalized spacial score (nSPS) is 14.9. The molecule has 0 unspecified atom stereocenters. The van der Waals surface area contributed by atoms with Crippen LogP contribution in [0.5, 0.6) is 0 Å². The fraction of sp³-hybridized carbons (Fsp3) is 0.263. The molecule has 0 aromatic heterocycles. The lowest BCUT2D eigenvalue weighted by Crippen LogP contribution is -2.41. The Morgan fingerprint density at radius 2 is 1.55 bits per heavy atom. The van der Waals surface area contributed by atoms with E-state index in [2.05, 4.69) is 10.7 Å². The van der Waals surface area contributed by atoms with Crippen LogP contribution < -0.4 is 15.6 Å². The van der Waals surface area contributed by atoms with Gasteiger partial charge >= 0.3 is 0 Å². The Bertz CT molecular complexity index is 1190. The molecule has 2 amide bonds. The van der Waals surface area contributed by atoms with Crippen LogP contribution in [0, 0.1) is 0 Å². The van der Waals surface area contributed by atoms with Crippen molar-refractivity contribution in [2.75, 3.05) is 18.4 Å². The number of anilines is 1. The van der Waals surface area contributed by atoms with Crippen LogP contribution in [0.15, 0.2) is 58.3 Å². The summed E-state index contributed by atoms with van der Waals surface area (Å²) < 4.78 is 51.5. The minimum absolute atomic E-state index is 0.0102. The van der Waals surface area contributed by atoms with Crippen molar-refractivity contribution in [3.05, 3.63) is 54.1 Å². The first-order valence-corrected chi connectivity index (χ1v) is 12.3. The third-order valence-electron chi connectivity index (χ3n) is 4.58. The Hall–Kier alpha value is -2.80. The summed E-state index contributed by atoms with van der Waals surface area (Å²) in [7, 11) is -7.79. The van der Waals surface area contributed by atoms with Gasteiger partial charge in [-0.3, -0.25) is 15.0 Å². The molecule has 10 nitrogen and oxygen atoms in total. The standard InChI is InChI=1S/C19H22N4O6S2/c1-14(24)20-16-7-9-17(10-8-16)30(26,27)22-21-19(25)15-5-4-6-18(13-15)31(28,29)23-11-2-3-12-23/h4-10,13,22H,2-3,11-12H2,1H3,(H,20,24)(H,21,25). The molecule has 12 heteroatoms. The summed E-state index contributed by atoms with van der Waals surface area (Å²) in [5, 5.41) is 2.52. The molecule has 1 heterocycles. The van der Waals surface area contributed by atoms with E-state index in [0.717, 1.165) is 12.8 Å². The Kier molecular flexibility index (Phi) is 6.74. The molecule has 1 saturated heterocycles. The van der Waals surface area contributed by atoms with Gasteiger partial charge < -0.3 is 5.32 Å². The van der Waals surface area contributed by atoms with Crippen molar-refractivity contribution in [3.63, 3.8) is 0 Å². The summed E-state index contributed by atoms with van der Waals surface area (Å²) in [5.41, 5.74) is 2.49. The van der Waals surface area contributed by atoms with E-state index in [1.165, 1.54) is 59.8 Å². The lowest BCUT2D eigenvalue weighted by Gasteiger charge is -2.16. The summed E-state index contributed by atoms with van der Waals surface area (Å²) in [6.07, 6.45) is 1.57. The van der Waals surface area contributed by atoms with Crippen molar-refractivity contribution in [1.29, 1.82) is 0 Å². The van der Waals surface area contributed by atoms with Crippen molar-refractivity contribution >= 4 is 37.5 Å². The Morgan fingerprint density at radius 1 is 0.903 bits per heavy atom. The van der Waals surface area contributed by atoms with Crippen LogP contribution in [0.2, 0.25) is 0 Å². The molecule has 2 aromatic rings. The number of carbonyl (C=O) groups is 2. The van der Waals surface area contributed by atoms with Gasteiger partial charge in [0.25, 0.3) is 15.9 Å². The summed E-state index contributed by atoms with van der Waals surface area (Å²) in [4.78, 5) is 25.3. The van der Waals surface area contributed by atoms with Gasteiger partial charge in [0.1, 0.15) is 0 Å². The monoisotopic (exact) mass is 466 g/mol. The lowest BCUT2D eigenvalue weighted by molar-refractivity contribution is -0.114. The molecule has 1 aliphatic rings. The summed E-state index contributed by atoms with van der Waals surface area (Å²) in [6.45, 7) is 2.19. The Morgan fingerprint density at radius 3 is 2.16 bits per heavy atom. The predicted octanol–water partition coefficient (Wildman–Crippen LogP) is 1.05. The molecule has 0 atom stereocenters. The molecule has 0 saturated carbocycles. The highest BCUT2D eigenvalue weighted by Crippen LogP contribution is 2.21. The third-order valence-corrected chi connectivity index (χ3v) is 7.74. The van der Waals surface area contributed by atoms with Crippen LogP contribution in [0.4, 0.5) is 5.69 Å². The van der Waals surface area contributed by atoms with E-state index in [1.54, 1.807) is 0 Å². The summed E-state index contributed by atoms with van der Waals surface area (Å²) in [6, 6.07) is 10.8. The Labute approximate surface area is 180 Å². The van der Waals surface area contributed by atoms with Crippen molar-refractivity contribution < 1.29 is 26.4 Å². The fourth-order valence-electron chi connectivity index (χ4n) is 3.04. The molecule has 2 aromatic carbocycles. The minimum atomic E-state index is -4.08. The molecule has 0 aliphatic carbocycles. The zero-order chi connectivity index (χ0) is 22.6. The maximum Gasteiger partial charge on any atom is 0.266 e. The molecule has 3 N–H and O–H groups in total. The van der Waals surface area contributed by atoms with E-state index in [0.29, 0.717) is 18.8 Å². The van der Waals surface area contributed by atoms with E-state index in [4.69, 9.17) is 0 Å². The number of hydrogen-bond donors (Lipinski definition) is 3. The van der Waals surface area contributed by atoms with Crippen LogP contribution >= 0.6 is 0 Å². The van der Waals surface area contributed by atoms with Crippen LogP contribution in [0.1, 0.15) is 30.1 Å². The molecule has 1 fully saturated rings. The SMILES string of the molecule is CC(=O)Nc1ccc(S(=O)(=O)NNC(=O)c2cccc(S(=O)(=O)N3CCCC3)c2)cc1. The number of amides is 2. The summed E-state index contributed by atoms with van der Waals surface area (Å²) in [5.74, 6) is -1.10.